The molecule has 15 heavy (non-hydrogen) atoms. The molecule has 3 rings (SSSR count). The van der Waals surface area contributed by atoms with Gasteiger partial charge in [0.05, 0.1) is 16.8 Å². The third-order valence-corrected chi connectivity index (χ3v) is 2.75. The second-order valence-corrected chi connectivity index (χ2v) is 3.78. The summed E-state index contributed by atoms with van der Waals surface area (Å²) in [5, 5.41) is 4.13. The largest absolute Gasteiger partial charge is 0.289 e. The Kier molecular flexibility index (Phi) is 1.41. The number of aromatic nitrogens is 3. The number of nitrogens with zero attached hydrogens (tertiary/aromatic N) is 3. The van der Waals surface area contributed by atoms with E-state index < -0.39 is 0 Å². The van der Waals surface area contributed by atoms with E-state index in [4.69, 9.17) is 0 Å². The second-order valence-electron chi connectivity index (χ2n) is 3.78. The summed E-state index contributed by atoms with van der Waals surface area (Å²) in [6.07, 6.45) is 2.05. The lowest BCUT2D eigenvalue weighted by Crippen LogP contribution is -2.14. The summed E-state index contributed by atoms with van der Waals surface area (Å²) in [5.41, 5.74) is 3.96. The van der Waals surface area contributed by atoms with E-state index in [0.717, 1.165) is 16.9 Å². The van der Waals surface area contributed by atoms with Crippen molar-refractivity contribution in [1.82, 2.24) is 14.6 Å². The number of Topliss-reactive ketones (excluding diaryl/α,β-unsaturated/α-hetero) is 1. The molecule has 0 amide bonds. The average molecular weight is 199 g/mol. The van der Waals surface area contributed by atoms with Crippen LogP contribution in [0.3, 0.4) is 0 Å². The zero-order chi connectivity index (χ0) is 10.6. The highest BCUT2D eigenvalue weighted by molar-refractivity contribution is 6.15. The molecular weight excluding hydrogens is 190 g/mol. The molecule has 0 N–H and O–H groups in total. The molecule has 0 saturated heterocycles. The Hall–Kier alpha value is -1.97. The molecule has 2 aromatic heterocycles. The molecule has 2 aromatic rings. The van der Waals surface area contributed by atoms with Crippen LogP contribution in [0.1, 0.15) is 21.7 Å². The summed E-state index contributed by atoms with van der Waals surface area (Å²) in [6, 6.07) is 1.85. The number of aryl methyl sites for hydroxylation is 1. The molecule has 0 unspecified atom stereocenters. The van der Waals surface area contributed by atoms with Crippen LogP contribution in [0.15, 0.2) is 24.5 Å². The molecule has 0 atom stereocenters. The van der Waals surface area contributed by atoms with Gasteiger partial charge in [-0.1, -0.05) is 6.58 Å². The van der Waals surface area contributed by atoms with Crippen molar-refractivity contribution in [2.24, 2.45) is 0 Å². The zero-order valence-corrected chi connectivity index (χ0v) is 8.32. The van der Waals surface area contributed by atoms with Gasteiger partial charge in [0.15, 0.2) is 5.78 Å². The molecule has 74 valence electrons. The molecule has 4 heteroatoms. The lowest BCUT2D eigenvalue weighted by Gasteiger charge is -2.12. The van der Waals surface area contributed by atoms with Gasteiger partial charge in [0.1, 0.15) is 6.33 Å². The normalized spacial score (nSPS) is 15.0. The molecule has 0 saturated carbocycles. The maximum atomic E-state index is 11.8. The van der Waals surface area contributed by atoms with Crippen molar-refractivity contribution in [3.05, 3.63) is 41.5 Å². The van der Waals surface area contributed by atoms with E-state index in [1.54, 1.807) is 4.52 Å². The fraction of sp³-hybridized carbons (Fsp3) is 0.182. The van der Waals surface area contributed by atoms with Crippen molar-refractivity contribution >= 4 is 11.3 Å². The standard InChI is InChI=1S/C11H9N3O/c1-6-3-9-10-8(11(6)15)4-7(2)14(10)13-5-12-9/h4-5H,1,3H2,2H3. The molecular formula is C11H9N3O. The Balaban J connectivity index is 2.52. The minimum atomic E-state index is 0.0166. The van der Waals surface area contributed by atoms with Crippen molar-refractivity contribution in [1.29, 1.82) is 0 Å². The van der Waals surface area contributed by atoms with Gasteiger partial charge in [0.2, 0.25) is 0 Å². The molecule has 4 nitrogen and oxygen atoms in total. The highest BCUT2D eigenvalue weighted by Gasteiger charge is 2.25. The smallest absolute Gasteiger partial charge is 0.191 e. The number of hydrogen-bond donors (Lipinski definition) is 0. The summed E-state index contributed by atoms with van der Waals surface area (Å²) >= 11 is 0. The van der Waals surface area contributed by atoms with E-state index in [0.29, 0.717) is 17.6 Å². The third kappa shape index (κ3) is 0.932. The molecule has 0 bridgehead atoms. The first-order chi connectivity index (χ1) is 7.18. The Morgan fingerprint density at radius 2 is 2.33 bits per heavy atom. The number of rotatable bonds is 0. The number of allylic oxidation sites excluding steroid dienone is 1. The van der Waals surface area contributed by atoms with Crippen LogP contribution in [-0.2, 0) is 6.42 Å². The number of carbonyl (C=O) groups is 1. The minimum absolute atomic E-state index is 0.0166. The molecule has 0 fully saturated rings. The van der Waals surface area contributed by atoms with Crippen LogP contribution in [0.25, 0.3) is 5.52 Å². The summed E-state index contributed by atoms with van der Waals surface area (Å²) < 4.78 is 1.77. The predicted octanol–water partition coefficient (Wildman–Crippen LogP) is 1.33. The maximum Gasteiger partial charge on any atom is 0.191 e. The van der Waals surface area contributed by atoms with Crippen molar-refractivity contribution in [2.75, 3.05) is 0 Å². The SMILES string of the molecule is C=C1Cc2ncnn3c(C)cc(c23)C1=O. The first-order valence-electron chi connectivity index (χ1n) is 4.73. The number of hydrogen-bond acceptors (Lipinski definition) is 3. The Labute approximate surface area is 86.2 Å². The summed E-state index contributed by atoms with van der Waals surface area (Å²) in [5.74, 6) is 0.0166. The van der Waals surface area contributed by atoms with E-state index in [2.05, 4.69) is 16.7 Å². The van der Waals surface area contributed by atoms with E-state index in [1.807, 2.05) is 13.0 Å². The van der Waals surface area contributed by atoms with Crippen molar-refractivity contribution in [3.63, 3.8) is 0 Å². The van der Waals surface area contributed by atoms with E-state index in [9.17, 15) is 4.79 Å². The van der Waals surface area contributed by atoms with Crippen LogP contribution in [0.4, 0.5) is 0 Å². The van der Waals surface area contributed by atoms with Crippen molar-refractivity contribution in [3.8, 4) is 0 Å². The predicted molar refractivity (Wildman–Crippen MR) is 54.9 cm³/mol. The van der Waals surface area contributed by atoms with Gasteiger partial charge in [-0.05, 0) is 18.6 Å². The van der Waals surface area contributed by atoms with Gasteiger partial charge in [0.25, 0.3) is 0 Å². The number of ketones is 1. The fourth-order valence-corrected chi connectivity index (χ4v) is 2.04. The van der Waals surface area contributed by atoms with Gasteiger partial charge in [-0.25, -0.2) is 9.50 Å². The lowest BCUT2D eigenvalue weighted by molar-refractivity contribution is 0.103. The molecule has 1 aliphatic rings. The van der Waals surface area contributed by atoms with Crippen LogP contribution < -0.4 is 0 Å². The monoisotopic (exact) mass is 199 g/mol. The van der Waals surface area contributed by atoms with Gasteiger partial charge >= 0.3 is 0 Å². The van der Waals surface area contributed by atoms with Gasteiger partial charge in [-0.2, -0.15) is 5.10 Å². The van der Waals surface area contributed by atoms with Gasteiger partial charge in [-0.3, -0.25) is 4.79 Å². The summed E-state index contributed by atoms with van der Waals surface area (Å²) in [4.78, 5) is 16.0. The molecule has 0 radical (unpaired) electrons. The average Bonchev–Trinajstić information content (AvgIpc) is 2.55. The van der Waals surface area contributed by atoms with Gasteiger partial charge in [-0.15, -0.1) is 0 Å². The minimum Gasteiger partial charge on any atom is -0.289 e. The van der Waals surface area contributed by atoms with E-state index in [-0.39, 0.29) is 5.78 Å². The highest BCUT2D eigenvalue weighted by Crippen LogP contribution is 2.27. The number of carbonyl (C=O) groups excluding carboxylic acids is 1. The first kappa shape index (κ1) is 8.35. The molecule has 2 heterocycles. The Morgan fingerprint density at radius 1 is 1.53 bits per heavy atom. The fourth-order valence-electron chi connectivity index (χ4n) is 2.04. The first-order valence-corrected chi connectivity index (χ1v) is 4.73. The molecule has 0 aromatic carbocycles. The van der Waals surface area contributed by atoms with E-state index in [1.165, 1.54) is 6.33 Å². The topological polar surface area (TPSA) is 47.3 Å². The van der Waals surface area contributed by atoms with Crippen molar-refractivity contribution in [2.45, 2.75) is 13.3 Å². The molecule has 0 spiro atoms. The van der Waals surface area contributed by atoms with Crippen LogP contribution >= 0.6 is 0 Å². The lowest BCUT2D eigenvalue weighted by atomic mass is 9.95. The van der Waals surface area contributed by atoms with E-state index >= 15 is 0 Å². The highest BCUT2D eigenvalue weighted by atomic mass is 16.1. The Bertz CT molecular complexity index is 610. The van der Waals surface area contributed by atoms with Crippen LogP contribution in [0.2, 0.25) is 0 Å². The third-order valence-electron chi connectivity index (χ3n) is 2.75. The molecule has 0 aliphatic heterocycles. The maximum absolute atomic E-state index is 11.8. The zero-order valence-electron chi connectivity index (χ0n) is 8.32. The summed E-state index contributed by atoms with van der Waals surface area (Å²) in [6.45, 7) is 5.70. The van der Waals surface area contributed by atoms with Crippen molar-refractivity contribution < 1.29 is 4.79 Å². The van der Waals surface area contributed by atoms with Gasteiger partial charge < -0.3 is 0 Å². The molecule has 1 aliphatic carbocycles. The van der Waals surface area contributed by atoms with Gasteiger partial charge in [0, 0.05) is 12.1 Å². The Morgan fingerprint density at radius 3 is 3.13 bits per heavy atom. The quantitative estimate of drug-likeness (QED) is 0.601. The summed E-state index contributed by atoms with van der Waals surface area (Å²) in [7, 11) is 0. The second kappa shape index (κ2) is 2.53. The van der Waals surface area contributed by atoms with Crippen LogP contribution in [0, 0.1) is 6.92 Å². The van der Waals surface area contributed by atoms with Crippen LogP contribution in [-0.4, -0.2) is 20.4 Å². The van der Waals surface area contributed by atoms with Crippen LogP contribution in [0.5, 0.6) is 0 Å².